The van der Waals surface area contributed by atoms with E-state index in [-0.39, 0.29) is 0 Å². The molecule has 0 spiro atoms. The highest BCUT2D eigenvalue weighted by Crippen LogP contribution is 2.26. The maximum absolute atomic E-state index is 5.14. The first kappa shape index (κ1) is 15.0. The van der Waals surface area contributed by atoms with Crippen LogP contribution in [0.4, 0.5) is 0 Å². The lowest BCUT2D eigenvalue weighted by Gasteiger charge is -2.22. The number of rotatable bonds is 7. The zero-order valence-corrected chi connectivity index (χ0v) is 12.0. The first-order valence-corrected chi connectivity index (χ1v) is 7.51. The van der Waals surface area contributed by atoms with Gasteiger partial charge in [-0.2, -0.15) is 0 Å². The third kappa shape index (κ3) is 6.42. The molecule has 0 aliphatic heterocycles. The third-order valence-electron chi connectivity index (χ3n) is 4.06. The van der Waals surface area contributed by atoms with Crippen LogP contribution in [0.1, 0.15) is 65.2 Å². The Labute approximate surface area is 108 Å². The molecule has 0 aromatic rings. The molecule has 0 saturated heterocycles. The first-order chi connectivity index (χ1) is 8.26. The molecular formula is C15H31NO. The van der Waals surface area contributed by atoms with Gasteiger partial charge in [-0.3, -0.25) is 0 Å². The lowest BCUT2D eigenvalue weighted by molar-refractivity contribution is 0.181. The molecule has 0 heterocycles. The highest BCUT2D eigenvalue weighted by atomic mass is 16.5. The Bertz CT molecular complexity index is 184. The maximum Gasteiger partial charge on any atom is 0.0476 e. The Morgan fingerprint density at radius 3 is 2.76 bits per heavy atom. The minimum Gasteiger partial charge on any atom is -0.385 e. The normalized spacial score (nSPS) is 27.7. The summed E-state index contributed by atoms with van der Waals surface area (Å²) in [7, 11) is 1.79. The highest BCUT2D eigenvalue weighted by molar-refractivity contribution is 4.77. The smallest absolute Gasteiger partial charge is 0.0476 e. The Morgan fingerprint density at radius 2 is 2.06 bits per heavy atom. The number of ether oxygens (including phenoxy) is 1. The quantitative estimate of drug-likeness (QED) is 0.685. The van der Waals surface area contributed by atoms with Gasteiger partial charge < -0.3 is 10.1 Å². The van der Waals surface area contributed by atoms with Crippen molar-refractivity contribution >= 4 is 0 Å². The van der Waals surface area contributed by atoms with Crippen LogP contribution in [0.2, 0.25) is 0 Å². The molecule has 1 N–H and O–H groups in total. The van der Waals surface area contributed by atoms with E-state index in [1.54, 1.807) is 7.11 Å². The van der Waals surface area contributed by atoms with Crippen molar-refractivity contribution in [1.82, 2.24) is 5.32 Å². The van der Waals surface area contributed by atoms with Gasteiger partial charge in [0, 0.05) is 25.8 Å². The van der Waals surface area contributed by atoms with Crippen molar-refractivity contribution in [3.63, 3.8) is 0 Å². The predicted octanol–water partition coefficient (Wildman–Crippen LogP) is 3.75. The van der Waals surface area contributed by atoms with Crippen molar-refractivity contribution in [1.29, 1.82) is 0 Å². The zero-order valence-electron chi connectivity index (χ0n) is 12.0. The van der Waals surface area contributed by atoms with Crippen LogP contribution in [0.3, 0.4) is 0 Å². The van der Waals surface area contributed by atoms with Gasteiger partial charge in [-0.25, -0.2) is 0 Å². The molecule has 1 rings (SSSR count). The van der Waals surface area contributed by atoms with Gasteiger partial charge in [0.15, 0.2) is 0 Å². The van der Waals surface area contributed by atoms with Gasteiger partial charge in [-0.1, -0.05) is 32.6 Å². The van der Waals surface area contributed by atoms with E-state index in [9.17, 15) is 0 Å². The third-order valence-corrected chi connectivity index (χ3v) is 4.06. The maximum atomic E-state index is 5.14. The van der Waals surface area contributed by atoms with Crippen molar-refractivity contribution in [3.8, 4) is 0 Å². The SMILES string of the molecule is CCCC1CCCC(NC(C)CCOC)CC1. The summed E-state index contributed by atoms with van der Waals surface area (Å²) in [4.78, 5) is 0. The zero-order chi connectivity index (χ0) is 12.5. The fourth-order valence-corrected chi connectivity index (χ4v) is 3.02. The second-order valence-corrected chi connectivity index (χ2v) is 5.71. The van der Waals surface area contributed by atoms with E-state index < -0.39 is 0 Å². The van der Waals surface area contributed by atoms with E-state index in [2.05, 4.69) is 19.2 Å². The topological polar surface area (TPSA) is 21.3 Å². The van der Waals surface area contributed by atoms with Crippen LogP contribution in [0.25, 0.3) is 0 Å². The van der Waals surface area contributed by atoms with E-state index in [0.29, 0.717) is 6.04 Å². The number of methoxy groups -OCH3 is 1. The highest BCUT2D eigenvalue weighted by Gasteiger charge is 2.19. The minimum atomic E-state index is 0.600. The van der Waals surface area contributed by atoms with Crippen molar-refractivity contribution in [2.75, 3.05) is 13.7 Å². The molecule has 17 heavy (non-hydrogen) atoms. The van der Waals surface area contributed by atoms with Gasteiger partial charge in [0.25, 0.3) is 0 Å². The molecule has 1 saturated carbocycles. The molecule has 1 fully saturated rings. The molecule has 0 amide bonds. The van der Waals surface area contributed by atoms with Crippen LogP contribution in [-0.4, -0.2) is 25.8 Å². The van der Waals surface area contributed by atoms with Crippen LogP contribution in [-0.2, 0) is 4.74 Å². The van der Waals surface area contributed by atoms with Crippen LogP contribution < -0.4 is 5.32 Å². The summed E-state index contributed by atoms with van der Waals surface area (Å²) in [5.41, 5.74) is 0. The molecule has 0 bridgehead atoms. The number of hydrogen-bond acceptors (Lipinski definition) is 2. The fraction of sp³-hybridized carbons (Fsp3) is 1.00. The molecule has 102 valence electrons. The summed E-state index contributed by atoms with van der Waals surface area (Å²) < 4.78 is 5.14. The van der Waals surface area contributed by atoms with Crippen molar-refractivity contribution in [2.24, 2.45) is 5.92 Å². The van der Waals surface area contributed by atoms with Crippen LogP contribution >= 0.6 is 0 Å². The fourth-order valence-electron chi connectivity index (χ4n) is 3.02. The molecule has 2 heteroatoms. The van der Waals surface area contributed by atoms with Gasteiger partial charge in [-0.05, 0) is 38.5 Å². The molecular weight excluding hydrogens is 210 g/mol. The second-order valence-electron chi connectivity index (χ2n) is 5.71. The average Bonchev–Trinajstić information content (AvgIpc) is 2.53. The molecule has 3 atom stereocenters. The molecule has 0 aromatic carbocycles. The Morgan fingerprint density at radius 1 is 1.24 bits per heavy atom. The molecule has 3 unspecified atom stereocenters. The van der Waals surface area contributed by atoms with Crippen molar-refractivity contribution in [3.05, 3.63) is 0 Å². The predicted molar refractivity (Wildman–Crippen MR) is 74.4 cm³/mol. The van der Waals surface area contributed by atoms with E-state index >= 15 is 0 Å². The molecule has 0 radical (unpaired) electrons. The Balaban J connectivity index is 2.21. The van der Waals surface area contributed by atoms with E-state index in [1.807, 2.05) is 0 Å². The van der Waals surface area contributed by atoms with Crippen molar-refractivity contribution in [2.45, 2.75) is 77.3 Å². The Kier molecular flexibility index (Phi) is 7.87. The van der Waals surface area contributed by atoms with E-state index in [0.717, 1.165) is 25.0 Å². The van der Waals surface area contributed by atoms with Gasteiger partial charge >= 0.3 is 0 Å². The summed E-state index contributed by atoms with van der Waals surface area (Å²) in [5, 5.41) is 3.78. The summed E-state index contributed by atoms with van der Waals surface area (Å²) in [6, 6.07) is 1.35. The Hall–Kier alpha value is -0.0800. The largest absolute Gasteiger partial charge is 0.385 e. The molecule has 1 aliphatic carbocycles. The molecule has 1 aliphatic rings. The van der Waals surface area contributed by atoms with E-state index in [1.165, 1.54) is 44.9 Å². The molecule has 0 aromatic heterocycles. The summed E-state index contributed by atoms with van der Waals surface area (Å²) in [5.74, 6) is 1.00. The monoisotopic (exact) mass is 241 g/mol. The van der Waals surface area contributed by atoms with Crippen LogP contribution in [0, 0.1) is 5.92 Å². The van der Waals surface area contributed by atoms with Crippen LogP contribution in [0.15, 0.2) is 0 Å². The standard InChI is InChI=1S/C15H31NO/c1-4-6-14-7-5-8-15(10-9-14)16-13(2)11-12-17-3/h13-16H,4-12H2,1-3H3. The summed E-state index contributed by atoms with van der Waals surface area (Å²) in [6.45, 7) is 5.47. The number of nitrogens with one attached hydrogen (secondary N) is 1. The summed E-state index contributed by atoms with van der Waals surface area (Å²) >= 11 is 0. The minimum absolute atomic E-state index is 0.600. The average molecular weight is 241 g/mol. The van der Waals surface area contributed by atoms with Gasteiger partial charge in [0.2, 0.25) is 0 Å². The molecule has 2 nitrogen and oxygen atoms in total. The van der Waals surface area contributed by atoms with Gasteiger partial charge in [0.1, 0.15) is 0 Å². The second kappa shape index (κ2) is 8.93. The van der Waals surface area contributed by atoms with E-state index in [4.69, 9.17) is 4.74 Å². The lowest BCUT2D eigenvalue weighted by atomic mass is 9.95. The van der Waals surface area contributed by atoms with Gasteiger partial charge in [0.05, 0.1) is 0 Å². The van der Waals surface area contributed by atoms with Crippen LogP contribution in [0.5, 0.6) is 0 Å². The lowest BCUT2D eigenvalue weighted by Crippen LogP contribution is -2.36. The summed E-state index contributed by atoms with van der Waals surface area (Å²) in [6.07, 6.45) is 11.0. The first-order valence-electron chi connectivity index (χ1n) is 7.51. The van der Waals surface area contributed by atoms with Crippen molar-refractivity contribution < 1.29 is 4.74 Å². The number of hydrogen-bond donors (Lipinski definition) is 1. The van der Waals surface area contributed by atoms with Gasteiger partial charge in [-0.15, -0.1) is 0 Å².